The van der Waals surface area contributed by atoms with E-state index < -0.39 is 0 Å². The van der Waals surface area contributed by atoms with Crippen molar-refractivity contribution < 1.29 is 5.11 Å². The predicted octanol–water partition coefficient (Wildman–Crippen LogP) is 2.26. The molecule has 2 aliphatic rings. The molecule has 2 heterocycles. The molecule has 1 unspecified atom stereocenters. The lowest BCUT2D eigenvalue weighted by Gasteiger charge is -2.37. The Kier molecular flexibility index (Phi) is 4.13. The molecule has 4 heteroatoms. The normalized spacial score (nSPS) is 24.2. The smallest absolute Gasteiger partial charge is 0.0644 e. The Morgan fingerprint density at radius 2 is 2.00 bits per heavy atom. The van der Waals surface area contributed by atoms with Gasteiger partial charge in [-0.3, -0.25) is 9.58 Å². The molecular weight excluding hydrogens is 250 g/mol. The zero-order valence-electron chi connectivity index (χ0n) is 12.8. The summed E-state index contributed by atoms with van der Waals surface area (Å²) in [5.74, 6) is 0.950. The fourth-order valence-corrected chi connectivity index (χ4v) is 3.89. The Hall–Kier alpha value is -0.870. The molecule has 1 saturated heterocycles. The summed E-state index contributed by atoms with van der Waals surface area (Å²) in [5.41, 5.74) is 3.75. The van der Waals surface area contributed by atoms with Crippen molar-refractivity contribution in [1.29, 1.82) is 0 Å². The van der Waals surface area contributed by atoms with E-state index in [1.807, 2.05) is 4.68 Å². The standard InChI is InChI=1S/C16H27N3O/c1-12-15(13(2)19(17-12)9-10-20)11-18-8-4-7-16(18)14-5-3-6-14/h14,16,20H,3-11H2,1-2H3. The molecule has 3 rings (SSSR count). The Balaban J connectivity index is 1.73. The van der Waals surface area contributed by atoms with Crippen LogP contribution < -0.4 is 0 Å². The van der Waals surface area contributed by atoms with Gasteiger partial charge in [0.05, 0.1) is 18.8 Å². The van der Waals surface area contributed by atoms with Crippen LogP contribution in [0.25, 0.3) is 0 Å². The van der Waals surface area contributed by atoms with E-state index in [4.69, 9.17) is 5.11 Å². The van der Waals surface area contributed by atoms with Crippen molar-refractivity contribution in [2.75, 3.05) is 13.2 Å². The molecule has 2 fully saturated rings. The molecule has 1 atom stereocenters. The number of rotatable bonds is 5. The van der Waals surface area contributed by atoms with Crippen LogP contribution in [0.15, 0.2) is 0 Å². The average molecular weight is 277 g/mol. The second-order valence-electron chi connectivity index (χ2n) is 6.47. The highest BCUT2D eigenvalue weighted by molar-refractivity contribution is 5.24. The van der Waals surface area contributed by atoms with E-state index in [1.54, 1.807) is 0 Å². The van der Waals surface area contributed by atoms with Gasteiger partial charge in [-0.15, -0.1) is 0 Å². The van der Waals surface area contributed by atoms with Crippen molar-refractivity contribution in [3.63, 3.8) is 0 Å². The van der Waals surface area contributed by atoms with E-state index in [1.165, 1.54) is 49.9 Å². The number of hydrogen-bond acceptors (Lipinski definition) is 3. The summed E-state index contributed by atoms with van der Waals surface area (Å²) < 4.78 is 1.96. The molecule has 0 radical (unpaired) electrons. The van der Waals surface area contributed by atoms with Crippen LogP contribution in [0.3, 0.4) is 0 Å². The summed E-state index contributed by atoms with van der Waals surface area (Å²) in [7, 11) is 0. The number of aromatic nitrogens is 2. The molecule has 0 aromatic carbocycles. The maximum atomic E-state index is 9.11. The van der Waals surface area contributed by atoms with Crippen LogP contribution >= 0.6 is 0 Å². The zero-order valence-corrected chi connectivity index (χ0v) is 12.8. The first-order valence-corrected chi connectivity index (χ1v) is 8.08. The van der Waals surface area contributed by atoms with Crippen LogP contribution in [0.4, 0.5) is 0 Å². The lowest BCUT2D eigenvalue weighted by molar-refractivity contribution is 0.126. The minimum Gasteiger partial charge on any atom is -0.394 e. The van der Waals surface area contributed by atoms with E-state index in [9.17, 15) is 0 Å². The molecule has 112 valence electrons. The maximum absolute atomic E-state index is 9.11. The van der Waals surface area contributed by atoms with Crippen molar-refractivity contribution in [3.05, 3.63) is 17.0 Å². The number of nitrogens with zero attached hydrogens (tertiary/aromatic N) is 3. The summed E-state index contributed by atoms with van der Waals surface area (Å²) in [5, 5.41) is 13.7. The number of aliphatic hydroxyl groups excluding tert-OH is 1. The van der Waals surface area contributed by atoms with Gasteiger partial charge in [-0.1, -0.05) is 6.42 Å². The maximum Gasteiger partial charge on any atom is 0.0644 e. The zero-order chi connectivity index (χ0) is 14.1. The van der Waals surface area contributed by atoms with Gasteiger partial charge in [0.1, 0.15) is 0 Å². The van der Waals surface area contributed by atoms with E-state index in [2.05, 4.69) is 23.8 Å². The summed E-state index contributed by atoms with van der Waals surface area (Å²) in [6, 6.07) is 0.809. The van der Waals surface area contributed by atoms with Gasteiger partial charge in [-0.25, -0.2) is 0 Å². The molecule has 1 N–H and O–H groups in total. The fraction of sp³-hybridized carbons (Fsp3) is 0.812. The Morgan fingerprint density at radius 1 is 1.20 bits per heavy atom. The molecule has 1 saturated carbocycles. The van der Waals surface area contributed by atoms with E-state index in [0.29, 0.717) is 6.54 Å². The molecule has 1 aliphatic heterocycles. The minimum atomic E-state index is 0.163. The topological polar surface area (TPSA) is 41.3 Å². The van der Waals surface area contributed by atoms with E-state index in [0.717, 1.165) is 24.2 Å². The van der Waals surface area contributed by atoms with Crippen LogP contribution in [-0.4, -0.2) is 39.0 Å². The number of aryl methyl sites for hydroxylation is 1. The van der Waals surface area contributed by atoms with E-state index >= 15 is 0 Å². The third kappa shape index (κ3) is 2.51. The molecule has 20 heavy (non-hydrogen) atoms. The molecule has 0 amide bonds. The molecule has 0 spiro atoms. The second kappa shape index (κ2) is 5.86. The van der Waals surface area contributed by atoms with Crippen molar-refractivity contribution in [2.45, 2.75) is 65.1 Å². The molecule has 1 aromatic rings. The first-order chi connectivity index (χ1) is 9.70. The van der Waals surface area contributed by atoms with E-state index in [-0.39, 0.29) is 6.61 Å². The molecule has 1 aliphatic carbocycles. The molecule has 0 bridgehead atoms. The average Bonchev–Trinajstić information content (AvgIpc) is 2.89. The third-order valence-electron chi connectivity index (χ3n) is 5.31. The van der Waals surface area contributed by atoms with Crippen LogP contribution in [0, 0.1) is 19.8 Å². The van der Waals surface area contributed by atoms with Crippen LogP contribution in [0.5, 0.6) is 0 Å². The number of aliphatic hydroxyl groups is 1. The van der Waals surface area contributed by atoms with Gasteiger partial charge in [0.15, 0.2) is 0 Å². The van der Waals surface area contributed by atoms with Crippen molar-refractivity contribution in [2.24, 2.45) is 5.92 Å². The highest BCUT2D eigenvalue weighted by Gasteiger charge is 2.35. The number of hydrogen-bond donors (Lipinski definition) is 1. The first-order valence-electron chi connectivity index (χ1n) is 8.08. The van der Waals surface area contributed by atoms with Gasteiger partial charge in [0, 0.05) is 23.8 Å². The van der Waals surface area contributed by atoms with Crippen LogP contribution in [0.2, 0.25) is 0 Å². The molecular formula is C16H27N3O. The van der Waals surface area contributed by atoms with Crippen molar-refractivity contribution in [3.8, 4) is 0 Å². The van der Waals surface area contributed by atoms with Crippen LogP contribution in [0.1, 0.15) is 49.1 Å². The Labute approximate surface area is 121 Å². The minimum absolute atomic E-state index is 0.163. The predicted molar refractivity (Wildman–Crippen MR) is 79.6 cm³/mol. The summed E-state index contributed by atoms with van der Waals surface area (Å²) in [6.45, 7) is 7.30. The van der Waals surface area contributed by atoms with Gasteiger partial charge < -0.3 is 5.11 Å². The third-order valence-corrected chi connectivity index (χ3v) is 5.31. The lowest BCUT2D eigenvalue weighted by Crippen LogP contribution is -2.38. The number of likely N-dealkylation sites (tertiary alicyclic amines) is 1. The first kappa shape index (κ1) is 14.1. The van der Waals surface area contributed by atoms with Gasteiger partial charge in [0.2, 0.25) is 0 Å². The lowest BCUT2D eigenvalue weighted by atomic mass is 9.79. The summed E-state index contributed by atoms with van der Waals surface area (Å²) in [6.07, 6.45) is 7.03. The van der Waals surface area contributed by atoms with Gasteiger partial charge in [0.25, 0.3) is 0 Å². The monoisotopic (exact) mass is 277 g/mol. The fourth-order valence-electron chi connectivity index (χ4n) is 3.89. The van der Waals surface area contributed by atoms with Crippen molar-refractivity contribution in [1.82, 2.24) is 14.7 Å². The van der Waals surface area contributed by atoms with Gasteiger partial charge in [-0.05, 0) is 52.0 Å². The molecule has 4 nitrogen and oxygen atoms in total. The Bertz CT molecular complexity index is 465. The summed E-state index contributed by atoms with van der Waals surface area (Å²) in [4.78, 5) is 2.68. The van der Waals surface area contributed by atoms with Gasteiger partial charge >= 0.3 is 0 Å². The summed E-state index contributed by atoms with van der Waals surface area (Å²) >= 11 is 0. The van der Waals surface area contributed by atoms with Crippen molar-refractivity contribution >= 4 is 0 Å². The highest BCUT2D eigenvalue weighted by Crippen LogP contribution is 2.38. The van der Waals surface area contributed by atoms with Crippen LogP contribution in [-0.2, 0) is 13.1 Å². The van der Waals surface area contributed by atoms with Gasteiger partial charge in [-0.2, -0.15) is 5.10 Å². The quantitative estimate of drug-likeness (QED) is 0.897. The second-order valence-corrected chi connectivity index (χ2v) is 6.47. The highest BCUT2D eigenvalue weighted by atomic mass is 16.3. The largest absolute Gasteiger partial charge is 0.394 e. The SMILES string of the molecule is Cc1nn(CCO)c(C)c1CN1CCCC1C1CCC1. The Morgan fingerprint density at radius 3 is 2.65 bits per heavy atom. The molecule has 1 aromatic heterocycles.